The second-order valence-electron chi connectivity index (χ2n) is 2.70. The quantitative estimate of drug-likeness (QED) is 0.789. The summed E-state index contributed by atoms with van der Waals surface area (Å²) in [6, 6.07) is 7.84. The summed E-state index contributed by atoms with van der Waals surface area (Å²) in [6.07, 6.45) is 0. The van der Waals surface area contributed by atoms with E-state index in [1.54, 1.807) is 0 Å². The van der Waals surface area contributed by atoms with Gasteiger partial charge in [0.15, 0.2) is 0 Å². The van der Waals surface area contributed by atoms with E-state index in [4.69, 9.17) is 5.73 Å². The Labute approximate surface area is 85.1 Å². The summed E-state index contributed by atoms with van der Waals surface area (Å²) in [5, 5.41) is 11.0. The van der Waals surface area contributed by atoms with Gasteiger partial charge in [0, 0.05) is 23.8 Å². The fourth-order valence-electron chi connectivity index (χ4n) is 1.08. The molecule has 14 heavy (non-hydrogen) atoms. The molecule has 0 saturated heterocycles. The molecular weight excluding hydrogens is 198 g/mol. The van der Waals surface area contributed by atoms with Gasteiger partial charge in [-0.25, -0.2) is 0 Å². The Morgan fingerprint density at radius 2 is 2.36 bits per heavy atom. The van der Waals surface area contributed by atoms with Crippen LogP contribution in [0.4, 0.5) is 10.8 Å². The highest BCUT2D eigenvalue weighted by atomic mass is 32.1. The fraction of sp³-hybridized carbons (Fsp3) is 0.125. The Morgan fingerprint density at radius 3 is 3.07 bits per heavy atom. The summed E-state index contributed by atoms with van der Waals surface area (Å²) in [5.74, 6) is 0. The zero-order chi connectivity index (χ0) is 9.80. The van der Waals surface area contributed by atoms with Crippen LogP contribution in [-0.2, 0) is 6.54 Å². The maximum absolute atomic E-state index is 5.53. The first-order chi connectivity index (χ1) is 6.88. The van der Waals surface area contributed by atoms with Crippen molar-refractivity contribution in [3.63, 3.8) is 0 Å². The van der Waals surface area contributed by atoms with Gasteiger partial charge < -0.3 is 11.1 Å². The van der Waals surface area contributed by atoms with Crippen LogP contribution in [0.15, 0.2) is 24.3 Å². The highest BCUT2D eigenvalue weighted by Crippen LogP contribution is 2.16. The summed E-state index contributed by atoms with van der Waals surface area (Å²) in [7, 11) is 0. The van der Waals surface area contributed by atoms with Gasteiger partial charge in [0.05, 0.1) is 0 Å². The first-order valence-electron chi connectivity index (χ1n) is 4.09. The third kappa shape index (κ3) is 2.04. The Kier molecular flexibility index (Phi) is 2.66. The van der Waals surface area contributed by atoms with Gasteiger partial charge in [0.1, 0.15) is 0 Å². The van der Waals surface area contributed by atoms with Gasteiger partial charge in [-0.3, -0.25) is 0 Å². The zero-order valence-corrected chi connectivity index (χ0v) is 8.16. The smallest absolute Gasteiger partial charge is 0.229 e. The molecule has 5 nitrogen and oxygen atoms in total. The number of benzene rings is 1. The highest BCUT2D eigenvalue weighted by molar-refractivity contribution is 7.09. The summed E-state index contributed by atoms with van der Waals surface area (Å²) < 4.78 is 3.65. The Balaban J connectivity index is 2.17. The molecule has 0 fully saturated rings. The lowest BCUT2D eigenvalue weighted by molar-refractivity contribution is 0.961. The number of rotatable bonds is 3. The van der Waals surface area contributed by atoms with Crippen LogP contribution < -0.4 is 11.1 Å². The van der Waals surface area contributed by atoms with Crippen LogP contribution in [0.2, 0.25) is 0 Å². The largest absolute Gasteiger partial charge is 0.329 e. The molecule has 2 rings (SSSR count). The molecule has 0 aliphatic rings. The third-order valence-electron chi connectivity index (χ3n) is 1.71. The molecule has 0 spiro atoms. The molecule has 0 aliphatic heterocycles. The van der Waals surface area contributed by atoms with Crippen molar-refractivity contribution in [2.45, 2.75) is 6.54 Å². The van der Waals surface area contributed by atoms with E-state index >= 15 is 0 Å². The predicted octanol–water partition coefficient (Wildman–Crippen LogP) is 1.14. The molecule has 0 atom stereocenters. The minimum absolute atomic E-state index is 0.532. The molecule has 3 N–H and O–H groups in total. The van der Waals surface area contributed by atoms with Crippen LogP contribution in [0, 0.1) is 0 Å². The van der Waals surface area contributed by atoms with Crippen molar-refractivity contribution >= 4 is 22.4 Å². The average molecular weight is 207 g/mol. The minimum Gasteiger partial charge on any atom is -0.329 e. The van der Waals surface area contributed by atoms with E-state index in [9.17, 15) is 0 Å². The van der Waals surface area contributed by atoms with Gasteiger partial charge >= 0.3 is 0 Å². The molecule has 2 aromatic rings. The molecule has 0 amide bonds. The molecule has 1 heterocycles. The first kappa shape index (κ1) is 9.04. The summed E-state index contributed by atoms with van der Waals surface area (Å²) in [6.45, 7) is 0.532. The van der Waals surface area contributed by atoms with Crippen molar-refractivity contribution in [1.29, 1.82) is 0 Å². The first-order valence-corrected chi connectivity index (χ1v) is 4.87. The normalized spacial score (nSPS) is 10.1. The van der Waals surface area contributed by atoms with Gasteiger partial charge in [-0.1, -0.05) is 21.7 Å². The SMILES string of the molecule is NCc1cccc(Nc2nnns2)c1. The van der Waals surface area contributed by atoms with Gasteiger partial charge in [0.2, 0.25) is 5.13 Å². The standard InChI is InChI=1S/C8H9N5S/c9-5-6-2-1-3-7(4-6)10-8-11-12-13-14-8/h1-4H,5,9H2,(H,10,11,13). The fourth-order valence-corrected chi connectivity index (χ4v) is 1.47. The molecule has 1 aromatic carbocycles. The van der Waals surface area contributed by atoms with Gasteiger partial charge in [-0.15, -0.1) is 0 Å². The number of nitrogens with zero attached hydrogens (tertiary/aromatic N) is 3. The number of aromatic nitrogens is 3. The maximum Gasteiger partial charge on any atom is 0.229 e. The van der Waals surface area contributed by atoms with Gasteiger partial charge in [-0.05, 0) is 22.9 Å². The van der Waals surface area contributed by atoms with Crippen molar-refractivity contribution in [2.24, 2.45) is 5.73 Å². The number of anilines is 2. The second kappa shape index (κ2) is 4.12. The Morgan fingerprint density at radius 1 is 1.43 bits per heavy atom. The molecule has 0 unspecified atom stereocenters. The topological polar surface area (TPSA) is 76.7 Å². The minimum atomic E-state index is 0.532. The molecule has 0 saturated carbocycles. The van der Waals surface area contributed by atoms with Crippen LogP contribution in [0.25, 0.3) is 0 Å². The molecule has 1 aromatic heterocycles. The van der Waals surface area contributed by atoms with Crippen molar-refractivity contribution in [3.8, 4) is 0 Å². The van der Waals surface area contributed by atoms with E-state index in [0.717, 1.165) is 11.3 Å². The van der Waals surface area contributed by atoms with Gasteiger partial charge in [-0.2, -0.15) is 0 Å². The Hall–Kier alpha value is -1.53. The Bertz CT molecular complexity index is 400. The maximum atomic E-state index is 5.53. The molecule has 0 bridgehead atoms. The summed E-state index contributed by atoms with van der Waals surface area (Å²) >= 11 is 1.22. The van der Waals surface area contributed by atoms with E-state index in [-0.39, 0.29) is 0 Å². The monoisotopic (exact) mass is 207 g/mol. The van der Waals surface area contributed by atoms with Crippen LogP contribution in [0.5, 0.6) is 0 Å². The van der Waals surface area contributed by atoms with E-state index in [0.29, 0.717) is 11.7 Å². The predicted molar refractivity (Wildman–Crippen MR) is 55.3 cm³/mol. The second-order valence-corrected chi connectivity index (χ2v) is 3.43. The van der Waals surface area contributed by atoms with Crippen molar-refractivity contribution in [1.82, 2.24) is 14.8 Å². The van der Waals surface area contributed by atoms with Crippen LogP contribution in [0.1, 0.15) is 5.56 Å². The van der Waals surface area contributed by atoms with E-state index in [1.165, 1.54) is 11.5 Å². The highest BCUT2D eigenvalue weighted by Gasteiger charge is 1.98. The molecule has 72 valence electrons. The molecule has 0 radical (unpaired) electrons. The van der Waals surface area contributed by atoms with E-state index in [2.05, 4.69) is 20.1 Å². The van der Waals surface area contributed by atoms with Crippen LogP contribution in [-0.4, -0.2) is 14.8 Å². The van der Waals surface area contributed by atoms with Crippen molar-refractivity contribution in [2.75, 3.05) is 5.32 Å². The lowest BCUT2D eigenvalue weighted by Gasteiger charge is -2.02. The zero-order valence-electron chi connectivity index (χ0n) is 7.34. The summed E-state index contributed by atoms with van der Waals surface area (Å²) in [4.78, 5) is 0. The van der Waals surface area contributed by atoms with E-state index in [1.807, 2.05) is 24.3 Å². The number of nitrogens with two attached hydrogens (primary N) is 1. The summed E-state index contributed by atoms with van der Waals surface area (Å²) in [5.41, 5.74) is 7.55. The van der Waals surface area contributed by atoms with Gasteiger partial charge in [0.25, 0.3) is 0 Å². The molecule has 0 aliphatic carbocycles. The molecular formula is C8H9N5S. The third-order valence-corrected chi connectivity index (χ3v) is 2.22. The van der Waals surface area contributed by atoms with Crippen molar-refractivity contribution in [3.05, 3.63) is 29.8 Å². The van der Waals surface area contributed by atoms with E-state index < -0.39 is 0 Å². The average Bonchev–Trinajstić information content (AvgIpc) is 2.71. The van der Waals surface area contributed by atoms with Crippen LogP contribution >= 0.6 is 11.5 Å². The van der Waals surface area contributed by atoms with Crippen LogP contribution in [0.3, 0.4) is 0 Å². The molecule has 6 heteroatoms. The number of nitrogens with one attached hydrogen (secondary N) is 1. The number of hydrogen-bond acceptors (Lipinski definition) is 6. The number of hydrogen-bond donors (Lipinski definition) is 2. The lowest BCUT2D eigenvalue weighted by Crippen LogP contribution is -1.97. The lowest BCUT2D eigenvalue weighted by atomic mass is 10.2. The van der Waals surface area contributed by atoms with Crippen molar-refractivity contribution < 1.29 is 0 Å².